The summed E-state index contributed by atoms with van der Waals surface area (Å²) in [5.41, 5.74) is 0. The molecule has 5 N–H and O–H groups in total. The van der Waals surface area contributed by atoms with Gasteiger partial charge in [-0.25, -0.2) is 0 Å². The van der Waals surface area contributed by atoms with Crippen LogP contribution >= 0.6 is 0 Å². The highest BCUT2D eigenvalue weighted by Gasteiger charge is 2.41. The maximum absolute atomic E-state index is 9.24. The zero-order valence-corrected chi connectivity index (χ0v) is 6.54. The first kappa shape index (κ1) is 9.88. The predicted octanol–water partition coefficient (Wildman–Crippen LogP) is -2.56. The van der Waals surface area contributed by atoms with Crippen LogP contribution in [0.3, 0.4) is 0 Å². The van der Waals surface area contributed by atoms with Gasteiger partial charge in [-0.05, 0) is 6.42 Å². The van der Waals surface area contributed by atoms with Crippen LogP contribution in [0.4, 0.5) is 0 Å². The van der Waals surface area contributed by atoms with Crippen LogP contribution in [0.15, 0.2) is 0 Å². The van der Waals surface area contributed by atoms with E-state index in [4.69, 9.17) is 20.4 Å². The van der Waals surface area contributed by atoms with Crippen molar-refractivity contribution in [2.75, 3.05) is 6.61 Å². The first-order valence-corrected chi connectivity index (χ1v) is 3.91. The lowest BCUT2D eigenvalue weighted by molar-refractivity contribution is -0.163. The molecule has 0 spiro atoms. The van der Waals surface area contributed by atoms with Gasteiger partial charge in [0, 0.05) is 12.5 Å². The molecule has 0 aromatic carbocycles. The van der Waals surface area contributed by atoms with Crippen molar-refractivity contribution in [1.29, 1.82) is 0 Å². The highest BCUT2D eigenvalue weighted by atomic mass is 16.4. The Hall–Kier alpha value is -0.200. The third-order valence-corrected chi connectivity index (χ3v) is 2.36. The van der Waals surface area contributed by atoms with E-state index in [0.29, 0.717) is 0 Å². The summed E-state index contributed by atoms with van der Waals surface area (Å²) in [5, 5.41) is 45.3. The van der Waals surface area contributed by atoms with Crippen LogP contribution in [0.25, 0.3) is 0 Å². The quantitative estimate of drug-likeness (QED) is 0.304. The standard InChI is InChI=1S/C7H14O5/c8-2-3-1-4(9)6(11)7(12)5(3)10/h3-12H,1-2H2/t3-,4+,5-,6-,7+/m1/s1. The number of hydrogen-bond acceptors (Lipinski definition) is 5. The lowest BCUT2D eigenvalue weighted by Gasteiger charge is -2.37. The van der Waals surface area contributed by atoms with Crippen LogP contribution in [-0.4, -0.2) is 56.6 Å². The molecule has 0 unspecified atom stereocenters. The lowest BCUT2D eigenvalue weighted by Crippen LogP contribution is -2.54. The second-order valence-corrected chi connectivity index (χ2v) is 3.22. The maximum Gasteiger partial charge on any atom is 0.109 e. The van der Waals surface area contributed by atoms with Crippen molar-refractivity contribution in [2.24, 2.45) is 5.92 Å². The molecule has 1 aliphatic rings. The minimum absolute atomic E-state index is 0.107. The van der Waals surface area contributed by atoms with Gasteiger partial charge in [0.2, 0.25) is 0 Å². The molecule has 5 nitrogen and oxygen atoms in total. The lowest BCUT2D eigenvalue weighted by atomic mass is 9.81. The Labute approximate surface area is 69.9 Å². The molecule has 0 saturated heterocycles. The summed E-state index contributed by atoms with van der Waals surface area (Å²) in [4.78, 5) is 0. The van der Waals surface area contributed by atoms with E-state index in [9.17, 15) is 5.11 Å². The van der Waals surface area contributed by atoms with Gasteiger partial charge in [-0.15, -0.1) is 0 Å². The zero-order valence-electron chi connectivity index (χ0n) is 6.54. The summed E-state index contributed by atoms with van der Waals surface area (Å²) >= 11 is 0. The minimum atomic E-state index is -1.37. The predicted molar refractivity (Wildman–Crippen MR) is 39.2 cm³/mol. The molecule has 72 valence electrons. The van der Waals surface area contributed by atoms with Crippen molar-refractivity contribution in [1.82, 2.24) is 0 Å². The van der Waals surface area contributed by atoms with Gasteiger partial charge in [-0.2, -0.15) is 0 Å². The van der Waals surface area contributed by atoms with E-state index in [1.165, 1.54) is 0 Å². The molecule has 0 amide bonds. The Morgan fingerprint density at radius 3 is 2.00 bits per heavy atom. The average Bonchev–Trinajstić information content (AvgIpc) is 2.08. The first-order valence-electron chi connectivity index (χ1n) is 3.91. The average molecular weight is 178 g/mol. The molecule has 0 heterocycles. The van der Waals surface area contributed by atoms with Gasteiger partial charge in [-0.3, -0.25) is 0 Å². The van der Waals surface area contributed by atoms with Crippen LogP contribution in [0.5, 0.6) is 0 Å². The van der Waals surface area contributed by atoms with Crippen molar-refractivity contribution in [3.63, 3.8) is 0 Å². The van der Waals surface area contributed by atoms with E-state index < -0.39 is 30.3 Å². The van der Waals surface area contributed by atoms with Gasteiger partial charge < -0.3 is 25.5 Å². The molecule has 0 bridgehead atoms. The highest BCUT2D eigenvalue weighted by Crippen LogP contribution is 2.25. The van der Waals surface area contributed by atoms with E-state index in [-0.39, 0.29) is 13.0 Å². The summed E-state index contributed by atoms with van der Waals surface area (Å²) in [6.07, 6.45) is -4.81. The number of aliphatic hydroxyl groups is 5. The van der Waals surface area contributed by atoms with Gasteiger partial charge in [0.1, 0.15) is 12.2 Å². The Morgan fingerprint density at radius 1 is 0.917 bits per heavy atom. The molecular weight excluding hydrogens is 164 g/mol. The summed E-state index contributed by atoms with van der Waals surface area (Å²) in [7, 11) is 0. The molecular formula is C7H14O5. The normalized spacial score (nSPS) is 49.2. The SMILES string of the molecule is OC[C@H]1C[C@H](O)[C@@H](O)[C@@H](O)[C@@H]1O. The van der Waals surface area contributed by atoms with E-state index in [1.54, 1.807) is 0 Å². The fourth-order valence-electron chi connectivity index (χ4n) is 1.48. The van der Waals surface area contributed by atoms with Crippen LogP contribution in [0.1, 0.15) is 6.42 Å². The molecule has 1 rings (SSSR count). The Morgan fingerprint density at radius 2 is 1.50 bits per heavy atom. The van der Waals surface area contributed by atoms with Crippen LogP contribution in [0.2, 0.25) is 0 Å². The van der Waals surface area contributed by atoms with Crippen LogP contribution < -0.4 is 0 Å². The van der Waals surface area contributed by atoms with Crippen molar-refractivity contribution < 1.29 is 25.5 Å². The molecule has 0 radical (unpaired) electrons. The van der Waals surface area contributed by atoms with E-state index in [1.807, 2.05) is 0 Å². The zero-order chi connectivity index (χ0) is 9.30. The molecule has 12 heavy (non-hydrogen) atoms. The topological polar surface area (TPSA) is 101 Å². The van der Waals surface area contributed by atoms with E-state index >= 15 is 0 Å². The minimum Gasteiger partial charge on any atom is -0.396 e. The Balaban J connectivity index is 2.63. The van der Waals surface area contributed by atoms with Crippen LogP contribution in [0, 0.1) is 5.92 Å². The first-order chi connectivity index (χ1) is 5.57. The van der Waals surface area contributed by atoms with Gasteiger partial charge in [0.25, 0.3) is 0 Å². The maximum atomic E-state index is 9.24. The summed E-state index contributed by atoms with van der Waals surface area (Å²) in [6.45, 7) is -0.304. The Kier molecular flexibility index (Phi) is 3.03. The molecule has 5 atom stereocenters. The fourth-order valence-corrected chi connectivity index (χ4v) is 1.48. The molecule has 1 fully saturated rings. The largest absolute Gasteiger partial charge is 0.396 e. The number of aliphatic hydroxyl groups excluding tert-OH is 5. The van der Waals surface area contributed by atoms with Crippen molar-refractivity contribution >= 4 is 0 Å². The number of rotatable bonds is 1. The third-order valence-electron chi connectivity index (χ3n) is 2.36. The molecule has 0 aliphatic heterocycles. The van der Waals surface area contributed by atoms with Gasteiger partial charge in [0.15, 0.2) is 0 Å². The molecule has 0 aromatic rings. The summed E-state index contributed by atoms with van der Waals surface area (Å²) in [6, 6.07) is 0. The van der Waals surface area contributed by atoms with Crippen molar-refractivity contribution in [3.05, 3.63) is 0 Å². The van der Waals surface area contributed by atoms with Crippen molar-refractivity contribution in [3.8, 4) is 0 Å². The second kappa shape index (κ2) is 3.68. The van der Waals surface area contributed by atoms with E-state index in [0.717, 1.165) is 0 Å². The third kappa shape index (κ3) is 1.60. The molecule has 5 heteroatoms. The highest BCUT2D eigenvalue weighted by molar-refractivity contribution is 4.91. The Bertz CT molecular complexity index is 146. The second-order valence-electron chi connectivity index (χ2n) is 3.22. The molecule has 0 aromatic heterocycles. The van der Waals surface area contributed by atoms with Gasteiger partial charge in [0.05, 0.1) is 12.2 Å². The molecule has 1 aliphatic carbocycles. The van der Waals surface area contributed by atoms with E-state index in [2.05, 4.69) is 0 Å². The molecule has 1 saturated carbocycles. The van der Waals surface area contributed by atoms with Crippen molar-refractivity contribution in [2.45, 2.75) is 30.8 Å². The summed E-state index contributed by atoms with van der Waals surface area (Å²) in [5.74, 6) is -0.557. The summed E-state index contributed by atoms with van der Waals surface area (Å²) < 4.78 is 0. The fraction of sp³-hybridized carbons (Fsp3) is 1.00. The monoisotopic (exact) mass is 178 g/mol. The smallest absolute Gasteiger partial charge is 0.109 e. The van der Waals surface area contributed by atoms with Gasteiger partial charge >= 0.3 is 0 Å². The van der Waals surface area contributed by atoms with Gasteiger partial charge in [-0.1, -0.05) is 0 Å². The number of hydrogen-bond donors (Lipinski definition) is 5. The van der Waals surface area contributed by atoms with Crippen LogP contribution in [-0.2, 0) is 0 Å².